The molecule has 8 nitrogen and oxygen atoms in total. The molecular weight excluding hydrogens is 254 g/mol. The van der Waals surface area contributed by atoms with Crippen LogP contribution in [0.15, 0.2) is 35.1 Å². The summed E-state index contributed by atoms with van der Waals surface area (Å²) < 4.78 is 0. The van der Waals surface area contributed by atoms with Crippen LogP contribution in [0.5, 0.6) is 0 Å². The van der Waals surface area contributed by atoms with Crippen molar-refractivity contribution in [1.82, 2.24) is 9.97 Å². The van der Waals surface area contributed by atoms with E-state index in [-0.39, 0.29) is 17.1 Å². The molecule has 0 aliphatic heterocycles. The van der Waals surface area contributed by atoms with Crippen LogP contribution < -0.4 is 5.56 Å². The zero-order valence-corrected chi connectivity index (χ0v) is 9.36. The number of carboxylic acid groups (broad SMARTS) is 1. The Bertz CT molecular complexity index is 722. The number of carbonyl (C=O) groups is 1. The Hall–Kier alpha value is -3.03. The van der Waals surface area contributed by atoms with Crippen molar-refractivity contribution in [3.05, 3.63) is 56.5 Å². The summed E-state index contributed by atoms with van der Waals surface area (Å²) in [5.41, 5.74) is -0.991. The third kappa shape index (κ3) is 2.63. The van der Waals surface area contributed by atoms with E-state index in [1.807, 2.05) is 0 Å². The average Bonchev–Trinajstić information content (AvgIpc) is 2.38. The molecule has 19 heavy (non-hydrogen) atoms. The van der Waals surface area contributed by atoms with Crippen LogP contribution in [-0.2, 0) is 0 Å². The number of H-pyrrole nitrogens is 1. The van der Waals surface area contributed by atoms with Gasteiger partial charge in [-0.1, -0.05) is 12.1 Å². The molecule has 0 aliphatic carbocycles. The van der Waals surface area contributed by atoms with Gasteiger partial charge in [0.05, 0.1) is 4.92 Å². The van der Waals surface area contributed by atoms with Gasteiger partial charge in [-0.2, -0.15) is 0 Å². The summed E-state index contributed by atoms with van der Waals surface area (Å²) in [6.45, 7) is 0. The number of nitrogens with one attached hydrogen (secondary N) is 1. The van der Waals surface area contributed by atoms with Gasteiger partial charge in [0.2, 0.25) is 0 Å². The van der Waals surface area contributed by atoms with Gasteiger partial charge in [-0.15, -0.1) is 0 Å². The van der Waals surface area contributed by atoms with Crippen molar-refractivity contribution < 1.29 is 14.8 Å². The summed E-state index contributed by atoms with van der Waals surface area (Å²) in [5.74, 6) is -1.38. The SMILES string of the molecule is O=C(O)c1cc(=O)[nH]c(-c2cccc([N+](=O)[O-])c2)n1. The van der Waals surface area contributed by atoms with E-state index in [0.717, 1.165) is 6.07 Å². The molecule has 0 atom stereocenters. The third-order valence-corrected chi connectivity index (χ3v) is 2.29. The zero-order valence-electron chi connectivity index (χ0n) is 9.36. The summed E-state index contributed by atoms with van der Waals surface area (Å²) in [6, 6.07) is 6.22. The summed E-state index contributed by atoms with van der Waals surface area (Å²) >= 11 is 0. The lowest BCUT2D eigenvalue weighted by molar-refractivity contribution is -0.384. The van der Waals surface area contributed by atoms with E-state index in [4.69, 9.17) is 5.11 Å². The van der Waals surface area contributed by atoms with Gasteiger partial charge in [0.1, 0.15) is 5.82 Å². The van der Waals surface area contributed by atoms with E-state index >= 15 is 0 Å². The van der Waals surface area contributed by atoms with Gasteiger partial charge in [0, 0.05) is 23.8 Å². The fourth-order valence-electron chi connectivity index (χ4n) is 1.47. The van der Waals surface area contributed by atoms with Crippen LogP contribution in [0.4, 0.5) is 5.69 Å². The highest BCUT2D eigenvalue weighted by Gasteiger charge is 2.12. The van der Waals surface area contributed by atoms with E-state index in [1.165, 1.54) is 24.3 Å². The maximum Gasteiger partial charge on any atom is 0.354 e. The largest absolute Gasteiger partial charge is 0.477 e. The molecular formula is C11H7N3O5. The standard InChI is InChI=1S/C11H7N3O5/c15-9-5-8(11(16)17)12-10(13-9)6-2-1-3-7(4-6)14(18)19/h1-5H,(H,16,17)(H,12,13,15). The predicted octanol–water partition coefficient (Wildman–Crippen LogP) is 1.04. The van der Waals surface area contributed by atoms with Crippen molar-refractivity contribution in [1.29, 1.82) is 0 Å². The Labute approximate surface area is 105 Å². The van der Waals surface area contributed by atoms with Crippen LogP contribution >= 0.6 is 0 Å². The Morgan fingerprint density at radius 3 is 2.74 bits per heavy atom. The molecule has 2 aromatic rings. The van der Waals surface area contributed by atoms with E-state index in [1.54, 1.807) is 0 Å². The number of rotatable bonds is 3. The number of nitrogens with zero attached hydrogens (tertiary/aromatic N) is 2. The number of hydrogen-bond acceptors (Lipinski definition) is 5. The first-order chi connectivity index (χ1) is 8.97. The summed E-state index contributed by atoms with van der Waals surface area (Å²) in [4.78, 5) is 38.2. The number of nitro groups is 1. The molecule has 1 heterocycles. The maximum absolute atomic E-state index is 11.3. The fraction of sp³-hybridized carbons (Fsp3) is 0. The quantitative estimate of drug-likeness (QED) is 0.627. The van der Waals surface area contributed by atoms with Crippen LogP contribution in [0.1, 0.15) is 10.5 Å². The summed E-state index contributed by atoms with van der Waals surface area (Å²) in [7, 11) is 0. The lowest BCUT2D eigenvalue weighted by Crippen LogP contribution is -2.13. The Balaban J connectivity index is 2.58. The molecule has 0 amide bonds. The number of hydrogen-bond donors (Lipinski definition) is 2. The van der Waals surface area contributed by atoms with Crippen molar-refractivity contribution in [2.45, 2.75) is 0 Å². The molecule has 0 unspecified atom stereocenters. The Morgan fingerprint density at radius 2 is 2.11 bits per heavy atom. The molecule has 0 radical (unpaired) electrons. The normalized spacial score (nSPS) is 10.1. The van der Waals surface area contributed by atoms with E-state index < -0.39 is 22.1 Å². The smallest absolute Gasteiger partial charge is 0.354 e. The van der Waals surface area contributed by atoms with Crippen molar-refractivity contribution in [2.75, 3.05) is 0 Å². The second-order valence-corrected chi connectivity index (χ2v) is 3.59. The van der Waals surface area contributed by atoms with Crippen LogP contribution in [0.25, 0.3) is 11.4 Å². The Kier molecular flexibility index (Phi) is 3.06. The van der Waals surface area contributed by atoms with Gasteiger partial charge < -0.3 is 10.1 Å². The molecule has 0 saturated carbocycles. The van der Waals surface area contributed by atoms with Crippen molar-refractivity contribution >= 4 is 11.7 Å². The number of nitro benzene ring substituents is 1. The predicted molar refractivity (Wildman–Crippen MR) is 63.9 cm³/mol. The van der Waals surface area contributed by atoms with Crippen molar-refractivity contribution in [3.63, 3.8) is 0 Å². The topological polar surface area (TPSA) is 126 Å². The number of aromatic amines is 1. The van der Waals surface area contributed by atoms with Crippen molar-refractivity contribution in [3.8, 4) is 11.4 Å². The zero-order chi connectivity index (χ0) is 14.0. The molecule has 2 rings (SSSR count). The lowest BCUT2D eigenvalue weighted by atomic mass is 10.2. The average molecular weight is 261 g/mol. The molecule has 96 valence electrons. The minimum Gasteiger partial charge on any atom is -0.477 e. The molecule has 0 spiro atoms. The summed E-state index contributed by atoms with van der Waals surface area (Å²) in [5, 5.41) is 19.4. The van der Waals surface area contributed by atoms with E-state index in [0.29, 0.717) is 0 Å². The second kappa shape index (κ2) is 4.69. The minimum absolute atomic E-state index is 0.0337. The molecule has 1 aromatic heterocycles. The lowest BCUT2D eigenvalue weighted by Gasteiger charge is -2.01. The highest BCUT2D eigenvalue weighted by Crippen LogP contribution is 2.20. The number of carboxylic acids is 1. The van der Waals surface area contributed by atoms with Gasteiger partial charge in [-0.05, 0) is 0 Å². The fourth-order valence-corrected chi connectivity index (χ4v) is 1.47. The van der Waals surface area contributed by atoms with Crippen LogP contribution in [0, 0.1) is 10.1 Å². The molecule has 0 bridgehead atoms. The van der Waals surface area contributed by atoms with Crippen LogP contribution in [0.2, 0.25) is 0 Å². The maximum atomic E-state index is 11.3. The summed E-state index contributed by atoms with van der Waals surface area (Å²) in [6.07, 6.45) is 0. The first-order valence-electron chi connectivity index (χ1n) is 5.07. The van der Waals surface area contributed by atoms with Crippen molar-refractivity contribution in [2.24, 2.45) is 0 Å². The molecule has 0 saturated heterocycles. The molecule has 1 aromatic carbocycles. The first kappa shape index (κ1) is 12.4. The highest BCUT2D eigenvalue weighted by molar-refractivity contribution is 5.85. The van der Waals surface area contributed by atoms with Gasteiger partial charge in [0.25, 0.3) is 11.2 Å². The monoisotopic (exact) mass is 261 g/mol. The van der Waals surface area contributed by atoms with Gasteiger partial charge in [-0.3, -0.25) is 14.9 Å². The first-order valence-corrected chi connectivity index (χ1v) is 5.07. The molecule has 2 N–H and O–H groups in total. The van der Waals surface area contributed by atoms with Crippen LogP contribution in [0.3, 0.4) is 0 Å². The molecule has 0 fully saturated rings. The van der Waals surface area contributed by atoms with Gasteiger partial charge >= 0.3 is 5.97 Å². The number of benzene rings is 1. The van der Waals surface area contributed by atoms with E-state index in [2.05, 4.69) is 9.97 Å². The third-order valence-electron chi connectivity index (χ3n) is 2.29. The molecule has 0 aliphatic rings. The van der Waals surface area contributed by atoms with Gasteiger partial charge in [-0.25, -0.2) is 9.78 Å². The van der Waals surface area contributed by atoms with Gasteiger partial charge in [0.15, 0.2) is 5.69 Å². The Morgan fingerprint density at radius 1 is 1.37 bits per heavy atom. The van der Waals surface area contributed by atoms with E-state index in [9.17, 15) is 19.7 Å². The second-order valence-electron chi connectivity index (χ2n) is 3.59. The molecule has 8 heteroatoms. The minimum atomic E-state index is -1.35. The number of aromatic carboxylic acids is 1. The number of non-ortho nitro benzene ring substituents is 1. The highest BCUT2D eigenvalue weighted by atomic mass is 16.6. The number of aromatic nitrogens is 2. The van der Waals surface area contributed by atoms with Crippen LogP contribution in [-0.4, -0.2) is 26.0 Å².